The number of aliphatic imine (C=N–C) groups is 1. The monoisotopic (exact) mass is 365 g/mol. The van der Waals surface area contributed by atoms with Crippen molar-refractivity contribution >= 4 is 41.7 Å². The van der Waals surface area contributed by atoms with Gasteiger partial charge >= 0.3 is 0 Å². The van der Waals surface area contributed by atoms with E-state index in [1.807, 2.05) is 11.8 Å². The first-order valence-corrected chi connectivity index (χ1v) is 6.47. The number of thioether (sulfide) groups is 1. The maximum absolute atomic E-state index is 5.51. The molecule has 1 aromatic rings. The first kappa shape index (κ1) is 16.6. The van der Waals surface area contributed by atoms with Crippen LogP contribution in [0.1, 0.15) is 11.1 Å². The molecule has 0 saturated carbocycles. The van der Waals surface area contributed by atoms with Crippen LogP contribution in [0.25, 0.3) is 0 Å². The minimum Gasteiger partial charge on any atom is -0.370 e. The second-order valence-electron chi connectivity index (χ2n) is 3.57. The number of rotatable bonds is 5. The van der Waals surface area contributed by atoms with Crippen molar-refractivity contribution in [2.24, 2.45) is 10.7 Å². The fourth-order valence-corrected chi connectivity index (χ4v) is 2.02. The van der Waals surface area contributed by atoms with Crippen LogP contribution in [0.5, 0.6) is 0 Å². The first-order valence-electron chi connectivity index (χ1n) is 5.32. The lowest BCUT2D eigenvalue weighted by Gasteiger charge is -2.05. The SMILES string of the molecule is CN=C(N)NCCSCc1ccc(C)cc1.I. The van der Waals surface area contributed by atoms with E-state index < -0.39 is 0 Å². The van der Waals surface area contributed by atoms with Crippen LogP contribution in [0.2, 0.25) is 0 Å². The van der Waals surface area contributed by atoms with Crippen molar-refractivity contribution in [1.82, 2.24) is 5.32 Å². The van der Waals surface area contributed by atoms with E-state index in [9.17, 15) is 0 Å². The van der Waals surface area contributed by atoms with Crippen molar-refractivity contribution < 1.29 is 0 Å². The highest BCUT2D eigenvalue weighted by Crippen LogP contribution is 2.12. The standard InChI is InChI=1S/C12H19N3S.HI/c1-10-3-5-11(6-4-10)9-16-8-7-15-12(13)14-2;/h3-6H,7-9H2,1-2H3,(H3,13,14,15);1H. The van der Waals surface area contributed by atoms with Gasteiger partial charge in [-0.05, 0) is 12.5 Å². The van der Waals surface area contributed by atoms with E-state index in [2.05, 4.69) is 41.5 Å². The van der Waals surface area contributed by atoms with Crippen molar-refractivity contribution in [2.45, 2.75) is 12.7 Å². The topological polar surface area (TPSA) is 50.4 Å². The summed E-state index contributed by atoms with van der Waals surface area (Å²) in [5.41, 5.74) is 8.19. The number of aryl methyl sites for hydroxylation is 1. The van der Waals surface area contributed by atoms with Crippen LogP contribution in [0.15, 0.2) is 29.3 Å². The molecule has 1 rings (SSSR count). The average molecular weight is 365 g/mol. The summed E-state index contributed by atoms with van der Waals surface area (Å²) in [6, 6.07) is 8.65. The predicted octanol–water partition coefficient (Wildman–Crippen LogP) is 2.38. The number of nitrogens with one attached hydrogen (secondary N) is 1. The van der Waals surface area contributed by atoms with E-state index in [-0.39, 0.29) is 24.0 Å². The van der Waals surface area contributed by atoms with E-state index in [0.717, 1.165) is 18.1 Å². The van der Waals surface area contributed by atoms with E-state index >= 15 is 0 Å². The number of benzene rings is 1. The summed E-state index contributed by atoms with van der Waals surface area (Å²) in [6.07, 6.45) is 0. The minimum atomic E-state index is 0. The number of hydrogen-bond acceptors (Lipinski definition) is 2. The predicted molar refractivity (Wildman–Crippen MR) is 88.3 cm³/mol. The summed E-state index contributed by atoms with van der Waals surface area (Å²) >= 11 is 1.89. The average Bonchev–Trinajstić information content (AvgIpc) is 2.31. The van der Waals surface area contributed by atoms with Crippen LogP contribution in [-0.4, -0.2) is 25.3 Å². The summed E-state index contributed by atoms with van der Waals surface area (Å²) in [6.45, 7) is 2.97. The molecule has 0 aliphatic rings. The van der Waals surface area contributed by atoms with Crippen molar-refractivity contribution in [3.8, 4) is 0 Å². The van der Waals surface area contributed by atoms with Crippen molar-refractivity contribution in [3.63, 3.8) is 0 Å². The molecule has 0 bridgehead atoms. The molecule has 0 aliphatic carbocycles. The highest BCUT2D eigenvalue weighted by atomic mass is 127. The quantitative estimate of drug-likeness (QED) is 0.365. The van der Waals surface area contributed by atoms with E-state index in [1.165, 1.54) is 11.1 Å². The van der Waals surface area contributed by atoms with Crippen molar-refractivity contribution in [1.29, 1.82) is 0 Å². The van der Waals surface area contributed by atoms with Crippen LogP contribution in [0.3, 0.4) is 0 Å². The molecule has 0 saturated heterocycles. The third kappa shape index (κ3) is 7.49. The molecular formula is C12H20IN3S. The Balaban J connectivity index is 0.00000256. The fourth-order valence-electron chi connectivity index (χ4n) is 1.20. The largest absolute Gasteiger partial charge is 0.370 e. The van der Waals surface area contributed by atoms with Gasteiger partial charge in [-0.3, -0.25) is 4.99 Å². The number of nitrogens with zero attached hydrogens (tertiary/aromatic N) is 1. The fraction of sp³-hybridized carbons (Fsp3) is 0.417. The summed E-state index contributed by atoms with van der Waals surface area (Å²) in [5.74, 6) is 2.59. The second-order valence-corrected chi connectivity index (χ2v) is 4.68. The third-order valence-electron chi connectivity index (χ3n) is 2.18. The van der Waals surface area contributed by atoms with Gasteiger partial charge in [-0.1, -0.05) is 29.8 Å². The number of nitrogens with two attached hydrogens (primary N) is 1. The number of hydrogen-bond donors (Lipinski definition) is 2. The van der Waals surface area contributed by atoms with Gasteiger partial charge in [-0.2, -0.15) is 11.8 Å². The summed E-state index contributed by atoms with van der Waals surface area (Å²) in [5, 5.41) is 3.03. The molecule has 5 heteroatoms. The molecule has 3 nitrogen and oxygen atoms in total. The molecule has 0 radical (unpaired) electrons. The Morgan fingerprint density at radius 1 is 1.35 bits per heavy atom. The molecule has 0 aliphatic heterocycles. The second kappa shape index (κ2) is 9.58. The van der Waals surface area contributed by atoms with E-state index in [4.69, 9.17) is 5.73 Å². The first-order chi connectivity index (χ1) is 7.72. The molecule has 0 amide bonds. The lowest BCUT2D eigenvalue weighted by atomic mass is 10.2. The minimum absolute atomic E-state index is 0. The Hall–Kier alpha value is -0.430. The van der Waals surface area contributed by atoms with Crippen molar-refractivity contribution in [3.05, 3.63) is 35.4 Å². The third-order valence-corrected chi connectivity index (χ3v) is 3.21. The maximum atomic E-state index is 5.51. The van der Waals surface area contributed by atoms with Gasteiger partial charge in [0, 0.05) is 25.1 Å². The molecule has 0 unspecified atom stereocenters. The molecule has 17 heavy (non-hydrogen) atoms. The Kier molecular flexibility index (Phi) is 9.34. The van der Waals surface area contributed by atoms with Gasteiger partial charge in [0.1, 0.15) is 0 Å². The Labute approximate surface area is 125 Å². The Morgan fingerprint density at radius 3 is 2.59 bits per heavy atom. The molecule has 0 heterocycles. The van der Waals surface area contributed by atoms with Crippen LogP contribution in [0, 0.1) is 6.92 Å². The molecule has 3 N–H and O–H groups in total. The smallest absolute Gasteiger partial charge is 0.188 e. The van der Waals surface area contributed by atoms with Gasteiger partial charge < -0.3 is 11.1 Å². The highest BCUT2D eigenvalue weighted by Gasteiger charge is 1.94. The highest BCUT2D eigenvalue weighted by molar-refractivity contribution is 14.0. The van der Waals surface area contributed by atoms with Gasteiger partial charge in [-0.25, -0.2) is 0 Å². The summed E-state index contributed by atoms with van der Waals surface area (Å²) in [7, 11) is 1.68. The van der Waals surface area contributed by atoms with Crippen LogP contribution in [0.4, 0.5) is 0 Å². The van der Waals surface area contributed by atoms with Gasteiger partial charge in [0.2, 0.25) is 0 Å². The molecule has 1 aromatic carbocycles. The zero-order valence-electron chi connectivity index (χ0n) is 10.3. The molecule has 96 valence electrons. The molecular weight excluding hydrogens is 345 g/mol. The molecule has 0 aromatic heterocycles. The molecule has 0 spiro atoms. The van der Waals surface area contributed by atoms with E-state index in [0.29, 0.717) is 5.96 Å². The number of halogens is 1. The van der Waals surface area contributed by atoms with Gasteiger partial charge in [0.05, 0.1) is 0 Å². The Morgan fingerprint density at radius 2 is 2.00 bits per heavy atom. The van der Waals surface area contributed by atoms with Gasteiger partial charge in [0.15, 0.2) is 5.96 Å². The van der Waals surface area contributed by atoms with Gasteiger partial charge in [0.25, 0.3) is 0 Å². The summed E-state index contributed by atoms with van der Waals surface area (Å²) in [4.78, 5) is 3.83. The van der Waals surface area contributed by atoms with Crippen LogP contribution in [-0.2, 0) is 5.75 Å². The lowest BCUT2D eigenvalue weighted by molar-refractivity contribution is 0.959. The van der Waals surface area contributed by atoms with Gasteiger partial charge in [-0.15, -0.1) is 24.0 Å². The molecule has 0 fully saturated rings. The van der Waals surface area contributed by atoms with Crippen LogP contribution >= 0.6 is 35.7 Å². The van der Waals surface area contributed by atoms with E-state index in [1.54, 1.807) is 7.05 Å². The zero-order chi connectivity index (χ0) is 11.8. The summed E-state index contributed by atoms with van der Waals surface area (Å²) < 4.78 is 0. The molecule has 0 atom stereocenters. The maximum Gasteiger partial charge on any atom is 0.188 e. The van der Waals surface area contributed by atoms with Crippen molar-refractivity contribution in [2.75, 3.05) is 19.3 Å². The van der Waals surface area contributed by atoms with Crippen LogP contribution < -0.4 is 11.1 Å². The zero-order valence-corrected chi connectivity index (χ0v) is 13.4. The Bertz CT molecular complexity index is 338. The normalized spacial score (nSPS) is 10.8. The number of guanidine groups is 1. The lowest BCUT2D eigenvalue weighted by Crippen LogP contribution is -2.32.